The van der Waals surface area contributed by atoms with Crippen LogP contribution >= 0.6 is 0 Å². The molecule has 80 heavy (non-hydrogen) atoms. The zero-order valence-electron chi connectivity index (χ0n) is 52.0. The average molecular weight is 1110 g/mol. The van der Waals surface area contributed by atoms with Crippen LogP contribution in [-0.4, -0.2) is 36.4 Å². The molecule has 1 atom stereocenters. The molecule has 0 saturated heterocycles. The van der Waals surface area contributed by atoms with Crippen molar-refractivity contribution in [2.24, 2.45) is 0 Å². The van der Waals surface area contributed by atoms with Crippen LogP contribution in [0.3, 0.4) is 0 Å². The third-order valence-corrected chi connectivity index (χ3v) is 14.1. The number of ether oxygens (including phenoxy) is 2. The standard InChI is InChI=1S/C75H124O5/c1-3-5-7-9-11-13-15-17-19-21-23-25-27-29-31-32-33-34-35-36-37-38-39-40-41-42-44-46-48-50-52-54-56-58-60-62-64-66-68-70-75(78)80-73(71-76)72-79-74(77)69-67-65-63-61-59-57-55-53-51-49-47-45-43-30-28-26-24-22-20-18-16-14-12-10-8-6-4-2/h5,7,11,13,16-19,22-25,29,31,33-34,36-37,39-40,42,44,48,50,73,76H,3-4,6,8-10,12,14-15,20-21,26-28,30,32,35,38,41,43,45-47,49,51-72H2,1-2H3/b7-5-,13-11-,18-16-,19-17-,24-22-,25-23-,31-29-,34-33-,37-36-,40-39-,44-42-,50-48-. The monoisotopic (exact) mass is 1100 g/mol. The highest BCUT2D eigenvalue weighted by Gasteiger charge is 2.16. The molecule has 0 amide bonds. The Labute approximate surface area is 495 Å². The number of hydrogen-bond acceptors (Lipinski definition) is 5. The summed E-state index contributed by atoms with van der Waals surface area (Å²) in [5, 5.41) is 9.69. The van der Waals surface area contributed by atoms with Crippen molar-refractivity contribution >= 4 is 11.9 Å². The van der Waals surface area contributed by atoms with Gasteiger partial charge in [-0.1, -0.05) is 307 Å². The van der Waals surface area contributed by atoms with Crippen LogP contribution in [0.25, 0.3) is 0 Å². The second kappa shape index (κ2) is 69.1. The molecule has 5 heteroatoms. The molecule has 0 heterocycles. The highest BCUT2D eigenvalue weighted by atomic mass is 16.6. The van der Waals surface area contributed by atoms with Crippen LogP contribution < -0.4 is 0 Å². The van der Waals surface area contributed by atoms with Gasteiger partial charge in [0.1, 0.15) is 6.61 Å². The second-order valence-corrected chi connectivity index (χ2v) is 21.8. The van der Waals surface area contributed by atoms with E-state index in [9.17, 15) is 14.7 Å². The second-order valence-electron chi connectivity index (χ2n) is 21.8. The van der Waals surface area contributed by atoms with Gasteiger partial charge in [-0.25, -0.2) is 0 Å². The predicted molar refractivity (Wildman–Crippen MR) is 352 cm³/mol. The van der Waals surface area contributed by atoms with Crippen molar-refractivity contribution in [1.29, 1.82) is 0 Å². The van der Waals surface area contributed by atoms with Crippen LogP contribution in [0.1, 0.15) is 296 Å². The number of carbonyl (C=O) groups excluding carboxylic acids is 2. The Hall–Kier alpha value is -4.22. The molecule has 1 unspecified atom stereocenters. The van der Waals surface area contributed by atoms with Crippen molar-refractivity contribution in [1.82, 2.24) is 0 Å². The average Bonchev–Trinajstić information content (AvgIpc) is 3.46. The molecule has 0 aliphatic rings. The van der Waals surface area contributed by atoms with E-state index in [1.54, 1.807) is 0 Å². The summed E-state index contributed by atoms with van der Waals surface area (Å²) in [5.74, 6) is -0.600. The fraction of sp³-hybridized carbons (Fsp3) is 0.653. The van der Waals surface area contributed by atoms with Crippen LogP contribution in [0.4, 0.5) is 0 Å². The zero-order chi connectivity index (χ0) is 57.6. The number of esters is 2. The first-order valence-electron chi connectivity index (χ1n) is 33.4. The molecule has 0 aliphatic carbocycles. The van der Waals surface area contributed by atoms with Gasteiger partial charge < -0.3 is 14.6 Å². The molecular weight excluding hydrogens is 981 g/mol. The summed E-state index contributed by atoms with van der Waals surface area (Å²) in [6, 6.07) is 0. The number of allylic oxidation sites excluding steroid dienone is 24. The minimum Gasteiger partial charge on any atom is -0.462 e. The Morgan fingerprint density at radius 3 is 0.812 bits per heavy atom. The van der Waals surface area contributed by atoms with Gasteiger partial charge in [0.05, 0.1) is 6.61 Å². The van der Waals surface area contributed by atoms with Gasteiger partial charge in [-0.3, -0.25) is 9.59 Å². The Kier molecular flexibility index (Phi) is 65.4. The number of hydrogen-bond donors (Lipinski definition) is 1. The van der Waals surface area contributed by atoms with Gasteiger partial charge in [-0.2, -0.15) is 0 Å². The molecule has 0 aromatic rings. The molecular formula is C75H124O5. The largest absolute Gasteiger partial charge is 0.462 e. The molecule has 0 spiro atoms. The van der Waals surface area contributed by atoms with E-state index < -0.39 is 6.10 Å². The lowest BCUT2D eigenvalue weighted by Gasteiger charge is -2.15. The molecule has 0 bridgehead atoms. The van der Waals surface area contributed by atoms with E-state index in [1.807, 2.05) is 0 Å². The fourth-order valence-electron chi connectivity index (χ4n) is 9.14. The summed E-state index contributed by atoms with van der Waals surface area (Å²) in [7, 11) is 0. The van der Waals surface area contributed by atoms with Crippen molar-refractivity contribution in [3.8, 4) is 0 Å². The smallest absolute Gasteiger partial charge is 0.306 e. The first kappa shape index (κ1) is 75.8. The highest BCUT2D eigenvalue weighted by molar-refractivity contribution is 5.70. The van der Waals surface area contributed by atoms with Crippen LogP contribution in [-0.2, 0) is 19.1 Å². The lowest BCUT2D eigenvalue weighted by molar-refractivity contribution is -0.161. The fourth-order valence-corrected chi connectivity index (χ4v) is 9.14. The first-order valence-corrected chi connectivity index (χ1v) is 33.4. The number of carbonyl (C=O) groups is 2. The van der Waals surface area contributed by atoms with Crippen LogP contribution in [0.15, 0.2) is 146 Å². The minimum atomic E-state index is -0.787. The third-order valence-electron chi connectivity index (χ3n) is 14.1. The Morgan fingerprint density at radius 2 is 0.537 bits per heavy atom. The van der Waals surface area contributed by atoms with Gasteiger partial charge in [0.25, 0.3) is 0 Å². The molecule has 0 aromatic carbocycles. The third kappa shape index (κ3) is 66.3. The maximum Gasteiger partial charge on any atom is 0.306 e. The number of rotatable bonds is 60. The van der Waals surface area contributed by atoms with E-state index in [-0.39, 0.29) is 25.2 Å². The van der Waals surface area contributed by atoms with E-state index in [1.165, 1.54) is 154 Å². The van der Waals surface area contributed by atoms with Crippen molar-refractivity contribution in [2.75, 3.05) is 13.2 Å². The van der Waals surface area contributed by atoms with E-state index in [0.717, 1.165) is 116 Å². The zero-order valence-corrected chi connectivity index (χ0v) is 52.0. The summed E-state index contributed by atoms with van der Waals surface area (Å²) >= 11 is 0. The van der Waals surface area contributed by atoms with Crippen molar-refractivity contribution < 1.29 is 24.2 Å². The van der Waals surface area contributed by atoms with Crippen LogP contribution in [0.5, 0.6) is 0 Å². The van der Waals surface area contributed by atoms with E-state index in [0.29, 0.717) is 12.8 Å². The van der Waals surface area contributed by atoms with E-state index >= 15 is 0 Å². The van der Waals surface area contributed by atoms with Gasteiger partial charge in [0.2, 0.25) is 0 Å². The van der Waals surface area contributed by atoms with E-state index in [2.05, 4.69) is 160 Å². The lowest BCUT2D eigenvalue weighted by atomic mass is 10.0. The van der Waals surface area contributed by atoms with Gasteiger partial charge in [-0.05, 0) is 122 Å². The highest BCUT2D eigenvalue weighted by Crippen LogP contribution is 2.16. The Morgan fingerprint density at radius 1 is 0.300 bits per heavy atom. The van der Waals surface area contributed by atoms with Gasteiger partial charge in [-0.15, -0.1) is 0 Å². The van der Waals surface area contributed by atoms with Crippen molar-refractivity contribution in [3.63, 3.8) is 0 Å². The predicted octanol–water partition coefficient (Wildman–Crippen LogP) is 23.3. The van der Waals surface area contributed by atoms with Crippen molar-refractivity contribution in [2.45, 2.75) is 302 Å². The first-order chi connectivity index (χ1) is 39.6. The molecule has 0 radical (unpaired) electrons. The summed E-state index contributed by atoms with van der Waals surface area (Å²) in [4.78, 5) is 24.6. The minimum absolute atomic E-state index is 0.0752. The molecule has 0 saturated carbocycles. The van der Waals surface area contributed by atoms with Gasteiger partial charge in [0.15, 0.2) is 6.10 Å². The molecule has 1 N–H and O–H groups in total. The summed E-state index contributed by atoms with van der Waals surface area (Å²) in [6.07, 6.45) is 104. The summed E-state index contributed by atoms with van der Waals surface area (Å²) < 4.78 is 10.7. The molecule has 0 aromatic heterocycles. The number of aliphatic hydroxyl groups excluding tert-OH is 1. The van der Waals surface area contributed by atoms with Gasteiger partial charge in [0, 0.05) is 12.8 Å². The maximum atomic E-state index is 12.4. The quantitative estimate of drug-likeness (QED) is 0.0373. The Balaban J connectivity index is 3.56. The van der Waals surface area contributed by atoms with Crippen LogP contribution in [0.2, 0.25) is 0 Å². The van der Waals surface area contributed by atoms with Crippen LogP contribution in [0, 0.1) is 0 Å². The lowest BCUT2D eigenvalue weighted by Crippen LogP contribution is -2.28. The normalized spacial score (nSPS) is 13.2. The molecule has 0 fully saturated rings. The summed E-state index contributed by atoms with van der Waals surface area (Å²) in [6.45, 7) is 4.02. The topological polar surface area (TPSA) is 72.8 Å². The molecule has 5 nitrogen and oxygen atoms in total. The molecule has 0 aliphatic heterocycles. The SMILES string of the molecule is CC/C=C\C/C=C\C/C=C\C/C=C\C/C=C\C/C=C\C/C=C\C/C=C\C/C=C\C/C=C\CCCCCCCCCCC(=O)OC(CO)COC(=O)CCCCCCCCCCCCCCCCC/C=C\C/C=C\CCCCCCC. The van der Waals surface area contributed by atoms with E-state index in [4.69, 9.17) is 9.47 Å². The number of aliphatic hydroxyl groups is 1. The van der Waals surface area contributed by atoms with Crippen molar-refractivity contribution in [3.05, 3.63) is 146 Å². The Bertz CT molecular complexity index is 1680. The summed E-state index contributed by atoms with van der Waals surface area (Å²) in [5.41, 5.74) is 0. The molecule has 454 valence electrons. The maximum absolute atomic E-state index is 12.4. The number of unbranched alkanes of at least 4 members (excludes halogenated alkanes) is 28. The van der Waals surface area contributed by atoms with Gasteiger partial charge >= 0.3 is 11.9 Å². The molecule has 0 rings (SSSR count).